The summed E-state index contributed by atoms with van der Waals surface area (Å²) in [6.07, 6.45) is 5.96. The lowest BCUT2D eigenvalue weighted by atomic mass is 10.0. The summed E-state index contributed by atoms with van der Waals surface area (Å²) in [4.78, 5) is 12.5. The third kappa shape index (κ3) is 3.67. The molecule has 0 radical (unpaired) electrons. The second-order valence-corrected chi connectivity index (χ2v) is 6.62. The lowest BCUT2D eigenvalue weighted by Gasteiger charge is -2.22. The number of amides is 1. The fourth-order valence-corrected chi connectivity index (χ4v) is 3.42. The maximum Gasteiger partial charge on any atom is 0.254 e. The van der Waals surface area contributed by atoms with Crippen LogP contribution in [0.25, 0.3) is 0 Å². The summed E-state index contributed by atoms with van der Waals surface area (Å²) in [6, 6.07) is 10.1. The molecule has 1 saturated carbocycles. The molecular weight excluding hydrogens is 302 g/mol. The number of nitrogens with one attached hydrogen (secondary N) is 1. The van der Waals surface area contributed by atoms with E-state index in [0.717, 1.165) is 43.4 Å². The Morgan fingerprint density at radius 1 is 1.29 bits per heavy atom. The highest BCUT2D eigenvalue weighted by atomic mass is 16.3. The fourth-order valence-electron chi connectivity index (χ4n) is 3.42. The van der Waals surface area contributed by atoms with Crippen molar-refractivity contribution in [3.8, 4) is 0 Å². The quantitative estimate of drug-likeness (QED) is 0.857. The minimum absolute atomic E-state index is 0.147. The Balaban J connectivity index is 1.70. The van der Waals surface area contributed by atoms with Gasteiger partial charge in [-0.05, 0) is 24.8 Å². The van der Waals surface area contributed by atoms with Gasteiger partial charge < -0.3 is 10.4 Å². The van der Waals surface area contributed by atoms with Gasteiger partial charge in [0.2, 0.25) is 0 Å². The van der Waals surface area contributed by atoms with Gasteiger partial charge in [-0.1, -0.05) is 50.1 Å². The van der Waals surface area contributed by atoms with Crippen LogP contribution in [0.5, 0.6) is 0 Å². The zero-order valence-electron chi connectivity index (χ0n) is 14.2. The van der Waals surface area contributed by atoms with Gasteiger partial charge >= 0.3 is 0 Å². The van der Waals surface area contributed by atoms with Crippen LogP contribution in [0.1, 0.15) is 54.2 Å². The fraction of sp³-hybridized carbons (Fsp3) is 0.474. The Morgan fingerprint density at radius 3 is 2.67 bits per heavy atom. The van der Waals surface area contributed by atoms with Gasteiger partial charge in [-0.2, -0.15) is 5.10 Å². The van der Waals surface area contributed by atoms with Gasteiger partial charge in [0.25, 0.3) is 5.91 Å². The molecule has 1 aliphatic carbocycles. The van der Waals surface area contributed by atoms with Crippen molar-refractivity contribution in [2.24, 2.45) is 0 Å². The summed E-state index contributed by atoms with van der Waals surface area (Å²) in [7, 11) is 0. The molecule has 0 saturated heterocycles. The number of hydrogen-bond donors (Lipinski definition) is 2. The van der Waals surface area contributed by atoms with Crippen molar-refractivity contribution in [3.05, 3.63) is 53.3 Å². The van der Waals surface area contributed by atoms with E-state index in [2.05, 4.69) is 22.5 Å². The van der Waals surface area contributed by atoms with Gasteiger partial charge in [-0.3, -0.25) is 9.48 Å². The van der Waals surface area contributed by atoms with Crippen LogP contribution in [0, 0.1) is 0 Å². The lowest BCUT2D eigenvalue weighted by molar-refractivity contribution is 0.0449. The number of carbonyl (C=O) groups excluding carboxylic acids is 1. The molecule has 0 bridgehead atoms. The molecule has 128 valence electrons. The predicted octanol–water partition coefficient (Wildman–Crippen LogP) is 2.53. The van der Waals surface area contributed by atoms with Gasteiger partial charge in [0.05, 0.1) is 29.6 Å². The van der Waals surface area contributed by atoms with E-state index in [1.807, 2.05) is 29.8 Å². The summed E-state index contributed by atoms with van der Waals surface area (Å²) < 4.78 is 1.88. The molecular formula is C19H25N3O2. The lowest BCUT2D eigenvalue weighted by Crippen LogP contribution is -2.40. The molecule has 0 atom stereocenters. The molecule has 5 nitrogen and oxygen atoms in total. The first-order valence-corrected chi connectivity index (χ1v) is 8.70. The van der Waals surface area contributed by atoms with E-state index in [9.17, 15) is 9.90 Å². The van der Waals surface area contributed by atoms with Gasteiger partial charge in [0, 0.05) is 6.54 Å². The van der Waals surface area contributed by atoms with Gasteiger partial charge in [-0.25, -0.2) is 0 Å². The minimum atomic E-state index is -0.734. The van der Waals surface area contributed by atoms with E-state index in [4.69, 9.17) is 0 Å². The molecule has 2 aromatic rings. The number of nitrogens with zero attached hydrogens (tertiary/aromatic N) is 2. The molecule has 1 aromatic heterocycles. The zero-order chi connectivity index (χ0) is 17.0. The maximum atomic E-state index is 12.5. The van der Waals surface area contributed by atoms with E-state index in [1.165, 1.54) is 0 Å². The van der Waals surface area contributed by atoms with E-state index in [1.54, 1.807) is 6.20 Å². The third-order valence-corrected chi connectivity index (χ3v) is 4.82. The summed E-state index contributed by atoms with van der Waals surface area (Å²) in [5, 5.41) is 17.7. The first kappa shape index (κ1) is 16.7. The van der Waals surface area contributed by atoms with Gasteiger partial charge in [0.1, 0.15) is 0 Å². The number of carbonyl (C=O) groups is 1. The molecule has 3 rings (SSSR count). The third-order valence-electron chi connectivity index (χ3n) is 4.82. The second-order valence-electron chi connectivity index (χ2n) is 6.62. The van der Waals surface area contributed by atoms with E-state index >= 15 is 0 Å². The van der Waals surface area contributed by atoms with Crippen LogP contribution in [0.4, 0.5) is 0 Å². The highest BCUT2D eigenvalue weighted by Crippen LogP contribution is 2.28. The van der Waals surface area contributed by atoms with Crippen LogP contribution in [0.15, 0.2) is 36.5 Å². The Morgan fingerprint density at radius 2 is 2.00 bits per heavy atom. The Bertz CT molecular complexity index is 688. The average molecular weight is 327 g/mol. The monoisotopic (exact) mass is 327 g/mol. The second kappa shape index (κ2) is 7.18. The van der Waals surface area contributed by atoms with Crippen molar-refractivity contribution < 1.29 is 9.90 Å². The Kier molecular flexibility index (Phi) is 5.00. The number of aromatic nitrogens is 2. The number of hydrogen-bond acceptors (Lipinski definition) is 3. The largest absolute Gasteiger partial charge is 0.388 e. The first-order chi connectivity index (χ1) is 11.6. The molecule has 0 spiro atoms. The smallest absolute Gasteiger partial charge is 0.254 e. The van der Waals surface area contributed by atoms with Crippen LogP contribution in [0.2, 0.25) is 0 Å². The molecule has 1 amide bonds. The summed E-state index contributed by atoms with van der Waals surface area (Å²) >= 11 is 0. The van der Waals surface area contributed by atoms with Gasteiger partial charge in [0.15, 0.2) is 0 Å². The summed E-state index contributed by atoms with van der Waals surface area (Å²) in [5.41, 5.74) is 1.95. The normalized spacial score (nSPS) is 16.2. The van der Waals surface area contributed by atoms with Gasteiger partial charge in [-0.15, -0.1) is 0 Å². The van der Waals surface area contributed by atoms with Crippen molar-refractivity contribution in [2.75, 3.05) is 6.54 Å². The van der Waals surface area contributed by atoms with Crippen LogP contribution < -0.4 is 5.32 Å². The number of rotatable bonds is 6. The predicted molar refractivity (Wildman–Crippen MR) is 92.9 cm³/mol. The SMILES string of the molecule is CCc1c(C(=O)NCC2(O)CCCC2)cnn1Cc1ccccc1. The summed E-state index contributed by atoms with van der Waals surface area (Å²) in [6.45, 7) is 3.00. The highest BCUT2D eigenvalue weighted by Gasteiger charge is 2.31. The Hall–Kier alpha value is -2.14. The van der Waals surface area contributed by atoms with E-state index < -0.39 is 5.60 Å². The topological polar surface area (TPSA) is 67.2 Å². The van der Waals surface area contributed by atoms with Crippen LogP contribution in [-0.2, 0) is 13.0 Å². The van der Waals surface area contributed by atoms with Crippen molar-refractivity contribution in [3.63, 3.8) is 0 Å². The molecule has 1 aliphatic rings. The van der Waals surface area contributed by atoms with Crippen LogP contribution in [0.3, 0.4) is 0 Å². The van der Waals surface area contributed by atoms with E-state index in [0.29, 0.717) is 18.7 Å². The Labute approximate surface area is 142 Å². The number of benzene rings is 1. The molecule has 1 heterocycles. The van der Waals surface area contributed by atoms with Crippen LogP contribution >= 0.6 is 0 Å². The van der Waals surface area contributed by atoms with Crippen molar-refractivity contribution in [2.45, 2.75) is 51.2 Å². The zero-order valence-corrected chi connectivity index (χ0v) is 14.2. The molecule has 0 aliphatic heterocycles. The van der Waals surface area contributed by atoms with Crippen LogP contribution in [-0.4, -0.2) is 32.9 Å². The van der Waals surface area contributed by atoms with Crippen molar-refractivity contribution in [1.82, 2.24) is 15.1 Å². The number of aliphatic hydroxyl groups is 1. The standard InChI is InChI=1S/C19H25N3O2/c1-2-17-16(18(23)20-14-19(24)10-6-7-11-19)12-21-22(17)13-15-8-4-3-5-9-15/h3-5,8-9,12,24H,2,6-7,10-11,13-14H2,1H3,(H,20,23). The molecule has 2 N–H and O–H groups in total. The first-order valence-electron chi connectivity index (χ1n) is 8.70. The highest BCUT2D eigenvalue weighted by molar-refractivity contribution is 5.95. The van der Waals surface area contributed by atoms with Crippen molar-refractivity contribution >= 4 is 5.91 Å². The average Bonchev–Trinajstić information content (AvgIpc) is 3.20. The van der Waals surface area contributed by atoms with E-state index in [-0.39, 0.29) is 5.91 Å². The maximum absolute atomic E-state index is 12.5. The summed E-state index contributed by atoms with van der Waals surface area (Å²) in [5.74, 6) is -0.147. The molecule has 1 aromatic carbocycles. The molecule has 24 heavy (non-hydrogen) atoms. The van der Waals surface area contributed by atoms with Crippen molar-refractivity contribution in [1.29, 1.82) is 0 Å². The molecule has 5 heteroatoms. The molecule has 0 unspecified atom stereocenters. The molecule has 1 fully saturated rings. The minimum Gasteiger partial charge on any atom is -0.388 e.